The highest BCUT2D eigenvalue weighted by molar-refractivity contribution is 6.35. The zero-order valence-electron chi connectivity index (χ0n) is 7.76. The first-order chi connectivity index (χ1) is 6.81. The minimum absolute atomic E-state index is 0.709. The maximum atomic E-state index is 6.08. The monoisotopic (exact) mass is 209 g/mol. The second-order valence-corrected chi connectivity index (χ2v) is 3.71. The summed E-state index contributed by atoms with van der Waals surface area (Å²) in [5, 5.41) is 8.60. The molecule has 2 aromatic rings. The van der Waals surface area contributed by atoms with Gasteiger partial charge in [-0.1, -0.05) is 11.6 Å². The Morgan fingerprint density at radius 3 is 3.07 bits per heavy atom. The van der Waals surface area contributed by atoms with E-state index in [2.05, 4.69) is 16.3 Å². The molecule has 1 aromatic carbocycles. The van der Waals surface area contributed by atoms with Crippen LogP contribution in [0, 0.1) is 0 Å². The summed E-state index contributed by atoms with van der Waals surface area (Å²) in [7, 11) is 0. The van der Waals surface area contributed by atoms with Crippen molar-refractivity contribution < 1.29 is 0 Å². The molecule has 0 spiro atoms. The van der Waals surface area contributed by atoms with Gasteiger partial charge in [-0.25, -0.2) is 0 Å². The maximum absolute atomic E-state index is 6.08. The molecule has 0 bridgehead atoms. The quantitative estimate of drug-likeness (QED) is 0.814. The number of aromatic amines is 1. The fraction of sp³-hybridized carbons (Fsp3) is 0.300. The number of hydrogen-bond acceptors (Lipinski definition) is 2. The van der Waals surface area contributed by atoms with E-state index in [9.17, 15) is 0 Å². The highest BCUT2D eigenvalue weighted by Crippen LogP contribution is 2.23. The van der Waals surface area contributed by atoms with E-state index in [0.717, 1.165) is 28.8 Å². The molecule has 0 saturated carbocycles. The smallest absolute Gasteiger partial charge is 0.0836 e. The van der Waals surface area contributed by atoms with Crippen molar-refractivity contribution in [2.45, 2.75) is 12.8 Å². The van der Waals surface area contributed by atoms with Crippen LogP contribution in [0.5, 0.6) is 0 Å². The summed E-state index contributed by atoms with van der Waals surface area (Å²) >= 11 is 6.08. The second kappa shape index (κ2) is 3.98. The van der Waals surface area contributed by atoms with E-state index < -0.39 is 0 Å². The van der Waals surface area contributed by atoms with Crippen LogP contribution in [0.1, 0.15) is 12.0 Å². The molecule has 0 aliphatic carbocycles. The Hall–Kier alpha value is -1.06. The van der Waals surface area contributed by atoms with Crippen LogP contribution in [0.2, 0.25) is 5.02 Å². The van der Waals surface area contributed by atoms with Crippen molar-refractivity contribution in [2.24, 2.45) is 5.73 Å². The summed E-state index contributed by atoms with van der Waals surface area (Å²) in [5.74, 6) is 0. The molecule has 0 fully saturated rings. The summed E-state index contributed by atoms with van der Waals surface area (Å²) in [5.41, 5.74) is 7.58. The molecule has 74 valence electrons. The van der Waals surface area contributed by atoms with Crippen LogP contribution in [0.4, 0.5) is 0 Å². The van der Waals surface area contributed by atoms with Crippen molar-refractivity contribution in [1.82, 2.24) is 10.2 Å². The standard InChI is InChI=1S/C10H12ClN3/c11-9-5-7(2-1-3-12)4-8-6-13-14-10(8)9/h4-6H,1-3,12H2,(H,13,14). The Labute approximate surface area is 87.2 Å². The third-order valence-electron chi connectivity index (χ3n) is 2.23. The number of aryl methyl sites for hydroxylation is 1. The van der Waals surface area contributed by atoms with Crippen molar-refractivity contribution in [3.63, 3.8) is 0 Å². The molecule has 0 radical (unpaired) electrons. The molecule has 0 atom stereocenters. The number of halogens is 1. The lowest BCUT2D eigenvalue weighted by Gasteiger charge is -2.01. The van der Waals surface area contributed by atoms with Gasteiger partial charge >= 0.3 is 0 Å². The average Bonchev–Trinajstić information content (AvgIpc) is 2.63. The summed E-state index contributed by atoms with van der Waals surface area (Å²) in [6.07, 6.45) is 3.74. The van der Waals surface area contributed by atoms with Crippen LogP contribution in [-0.2, 0) is 6.42 Å². The van der Waals surface area contributed by atoms with E-state index in [1.54, 1.807) is 6.20 Å². The van der Waals surface area contributed by atoms with Crippen molar-refractivity contribution >= 4 is 22.5 Å². The number of fused-ring (bicyclic) bond motifs is 1. The number of aromatic nitrogens is 2. The lowest BCUT2D eigenvalue weighted by molar-refractivity contribution is 0.833. The fourth-order valence-corrected chi connectivity index (χ4v) is 1.81. The van der Waals surface area contributed by atoms with E-state index >= 15 is 0 Å². The average molecular weight is 210 g/mol. The van der Waals surface area contributed by atoms with Crippen LogP contribution >= 0.6 is 11.6 Å². The van der Waals surface area contributed by atoms with Crippen LogP contribution in [0.15, 0.2) is 18.3 Å². The summed E-state index contributed by atoms with van der Waals surface area (Å²) < 4.78 is 0. The highest BCUT2D eigenvalue weighted by Gasteiger charge is 2.03. The number of benzene rings is 1. The van der Waals surface area contributed by atoms with Crippen molar-refractivity contribution in [3.8, 4) is 0 Å². The predicted molar refractivity (Wildman–Crippen MR) is 58.5 cm³/mol. The lowest BCUT2D eigenvalue weighted by Crippen LogP contribution is -2.00. The van der Waals surface area contributed by atoms with Crippen LogP contribution in [0.25, 0.3) is 10.9 Å². The van der Waals surface area contributed by atoms with E-state index in [-0.39, 0.29) is 0 Å². The lowest BCUT2D eigenvalue weighted by atomic mass is 10.1. The molecule has 0 aliphatic heterocycles. The van der Waals surface area contributed by atoms with Gasteiger partial charge in [0.1, 0.15) is 0 Å². The minimum Gasteiger partial charge on any atom is -0.330 e. The highest BCUT2D eigenvalue weighted by atomic mass is 35.5. The molecule has 1 heterocycles. The maximum Gasteiger partial charge on any atom is 0.0836 e. The van der Waals surface area contributed by atoms with Gasteiger partial charge in [0.2, 0.25) is 0 Å². The van der Waals surface area contributed by atoms with Gasteiger partial charge in [-0.15, -0.1) is 0 Å². The van der Waals surface area contributed by atoms with Crippen molar-refractivity contribution in [2.75, 3.05) is 6.54 Å². The Morgan fingerprint density at radius 2 is 2.29 bits per heavy atom. The van der Waals surface area contributed by atoms with E-state index in [4.69, 9.17) is 17.3 Å². The summed E-state index contributed by atoms with van der Waals surface area (Å²) in [6, 6.07) is 4.07. The SMILES string of the molecule is NCCCc1cc(Cl)c2[nH]ncc2c1. The first-order valence-corrected chi connectivity index (χ1v) is 5.00. The van der Waals surface area contributed by atoms with Gasteiger partial charge in [0.25, 0.3) is 0 Å². The summed E-state index contributed by atoms with van der Waals surface area (Å²) in [4.78, 5) is 0. The van der Waals surface area contributed by atoms with Gasteiger partial charge in [-0.2, -0.15) is 5.10 Å². The van der Waals surface area contributed by atoms with Gasteiger partial charge in [-0.3, -0.25) is 5.10 Å². The first-order valence-electron chi connectivity index (χ1n) is 4.63. The molecule has 0 aliphatic rings. The van der Waals surface area contributed by atoms with E-state index in [1.165, 1.54) is 5.56 Å². The van der Waals surface area contributed by atoms with Crippen molar-refractivity contribution in [1.29, 1.82) is 0 Å². The molecule has 14 heavy (non-hydrogen) atoms. The molecular formula is C10H12ClN3. The van der Waals surface area contributed by atoms with Crippen LogP contribution < -0.4 is 5.73 Å². The van der Waals surface area contributed by atoms with Gasteiger partial charge in [-0.05, 0) is 37.1 Å². The largest absolute Gasteiger partial charge is 0.330 e. The molecule has 2 rings (SSSR count). The van der Waals surface area contributed by atoms with Gasteiger partial charge in [0.15, 0.2) is 0 Å². The molecule has 3 nitrogen and oxygen atoms in total. The van der Waals surface area contributed by atoms with E-state index in [0.29, 0.717) is 6.54 Å². The van der Waals surface area contributed by atoms with Gasteiger partial charge < -0.3 is 5.73 Å². The predicted octanol–water partition coefficient (Wildman–Crippen LogP) is 2.11. The third-order valence-corrected chi connectivity index (χ3v) is 2.53. The number of rotatable bonds is 3. The van der Waals surface area contributed by atoms with Crippen molar-refractivity contribution in [3.05, 3.63) is 28.9 Å². The molecule has 3 N–H and O–H groups in total. The first kappa shape index (κ1) is 9.49. The number of nitrogens with one attached hydrogen (secondary N) is 1. The number of nitrogens with two attached hydrogens (primary N) is 1. The Morgan fingerprint density at radius 1 is 1.43 bits per heavy atom. The zero-order chi connectivity index (χ0) is 9.97. The number of H-pyrrole nitrogens is 1. The van der Waals surface area contributed by atoms with Gasteiger partial charge in [0.05, 0.1) is 16.7 Å². The second-order valence-electron chi connectivity index (χ2n) is 3.30. The van der Waals surface area contributed by atoms with E-state index in [1.807, 2.05) is 6.07 Å². The normalized spacial score (nSPS) is 11.0. The molecule has 1 aromatic heterocycles. The molecule has 4 heteroatoms. The minimum atomic E-state index is 0.709. The Bertz CT molecular complexity index is 436. The van der Waals surface area contributed by atoms with Crippen LogP contribution in [-0.4, -0.2) is 16.7 Å². The molecule has 0 amide bonds. The Balaban J connectivity index is 2.38. The molecule has 0 saturated heterocycles. The van der Waals surface area contributed by atoms with Crippen LogP contribution in [0.3, 0.4) is 0 Å². The zero-order valence-corrected chi connectivity index (χ0v) is 8.51. The Kier molecular flexibility index (Phi) is 2.70. The molecule has 0 unspecified atom stereocenters. The van der Waals surface area contributed by atoms with Gasteiger partial charge in [0, 0.05) is 5.39 Å². The number of hydrogen-bond donors (Lipinski definition) is 2. The fourth-order valence-electron chi connectivity index (χ4n) is 1.52. The number of nitrogens with zero attached hydrogens (tertiary/aromatic N) is 1. The topological polar surface area (TPSA) is 54.7 Å². The summed E-state index contributed by atoms with van der Waals surface area (Å²) in [6.45, 7) is 0.709. The molecular weight excluding hydrogens is 198 g/mol. The third kappa shape index (κ3) is 1.74.